The number of para-hydroxylation sites is 2. The number of aromatic nitrogens is 2. The van der Waals surface area contributed by atoms with Gasteiger partial charge in [0.1, 0.15) is 11.5 Å². The third-order valence-electron chi connectivity index (χ3n) is 4.48. The number of carbonyl (C=O) groups is 3. The van der Waals surface area contributed by atoms with Crippen molar-refractivity contribution in [3.63, 3.8) is 0 Å². The molecule has 0 spiro atoms. The van der Waals surface area contributed by atoms with Crippen LogP contribution in [0.4, 0.5) is 10.1 Å². The largest absolute Gasteiger partial charge is 0.370 e. The number of primary amides is 1. The Morgan fingerprint density at radius 2 is 1.75 bits per heavy atom. The number of nitrogens with one attached hydrogen (secondary N) is 2. The standard InChI is InChI=1S/C22H20FN5O4/c1-13-12-18(29)20(27-28(13)17-9-5-3-7-15(17)23)22(32)26-16-8-4-2-6-14(16)21(31)25-11-10-19(24)30/h2-9,12H,10-11H2,1H3,(H2,24,30)(H,25,31)(H,26,32). The molecule has 3 aromatic rings. The van der Waals surface area contributed by atoms with Gasteiger partial charge in [-0.1, -0.05) is 24.3 Å². The molecule has 0 fully saturated rings. The van der Waals surface area contributed by atoms with Crippen LogP contribution in [-0.4, -0.2) is 34.0 Å². The number of hydrogen-bond acceptors (Lipinski definition) is 5. The van der Waals surface area contributed by atoms with Crippen molar-refractivity contribution in [1.82, 2.24) is 15.1 Å². The van der Waals surface area contributed by atoms with Gasteiger partial charge in [-0.3, -0.25) is 19.2 Å². The molecule has 0 unspecified atom stereocenters. The van der Waals surface area contributed by atoms with E-state index in [0.29, 0.717) is 5.69 Å². The summed E-state index contributed by atoms with van der Waals surface area (Å²) in [6, 6.07) is 13.1. The molecule has 32 heavy (non-hydrogen) atoms. The monoisotopic (exact) mass is 437 g/mol. The Kier molecular flexibility index (Phi) is 6.74. The van der Waals surface area contributed by atoms with Gasteiger partial charge in [0.05, 0.1) is 11.3 Å². The van der Waals surface area contributed by atoms with Gasteiger partial charge in [-0.2, -0.15) is 5.10 Å². The Balaban J connectivity index is 1.90. The van der Waals surface area contributed by atoms with Crippen LogP contribution in [0.2, 0.25) is 0 Å². The van der Waals surface area contributed by atoms with Gasteiger partial charge in [-0.05, 0) is 31.2 Å². The molecule has 0 radical (unpaired) electrons. The third kappa shape index (κ3) is 5.04. The van der Waals surface area contributed by atoms with E-state index < -0.39 is 34.7 Å². The Bertz CT molecular complexity index is 1260. The topological polar surface area (TPSA) is 136 Å². The number of nitrogens with zero attached hydrogens (tertiary/aromatic N) is 2. The molecule has 0 aliphatic heterocycles. The Hall–Kier alpha value is -4.34. The van der Waals surface area contributed by atoms with Gasteiger partial charge in [-0.25, -0.2) is 9.07 Å². The molecule has 0 aliphatic rings. The van der Waals surface area contributed by atoms with E-state index >= 15 is 0 Å². The van der Waals surface area contributed by atoms with Gasteiger partial charge in [0, 0.05) is 24.7 Å². The van der Waals surface area contributed by atoms with E-state index in [0.717, 1.165) is 4.68 Å². The van der Waals surface area contributed by atoms with Gasteiger partial charge in [-0.15, -0.1) is 0 Å². The lowest BCUT2D eigenvalue weighted by Crippen LogP contribution is -2.30. The fourth-order valence-electron chi connectivity index (χ4n) is 2.94. The van der Waals surface area contributed by atoms with Crippen molar-refractivity contribution in [2.24, 2.45) is 5.73 Å². The van der Waals surface area contributed by atoms with Crippen molar-refractivity contribution < 1.29 is 18.8 Å². The molecule has 4 N–H and O–H groups in total. The molecule has 9 nitrogen and oxygen atoms in total. The van der Waals surface area contributed by atoms with Gasteiger partial charge >= 0.3 is 0 Å². The minimum Gasteiger partial charge on any atom is -0.370 e. The molecule has 0 atom stereocenters. The number of aryl methyl sites for hydroxylation is 1. The molecule has 3 rings (SSSR count). The zero-order valence-corrected chi connectivity index (χ0v) is 17.1. The average molecular weight is 437 g/mol. The number of carbonyl (C=O) groups excluding carboxylic acids is 3. The highest BCUT2D eigenvalue weighted by Crippen LogP contribution is 2.17. The molecule has 1 heterocycles. The average Bonchev–Trinajstić information content (AvgIpc) is 2.74. The molecule has 1 aromatic heterocycles. The van der Waals surface area contributed by atoms with Crippen LogP contribution < -0.4 is 21.8 Å². The van der Waals surface area contributed by atoms with Crippen molar-refractivity contribution in [3.8, 4) is 5.69 Å². The molecule has 2 aromatic carbocycles. The SMILES string of the molecule is Cc1cc(=O)c(C(=O)Nc2ccccc2C(=O)NCCC(N)=O)nn1-c1ccccc1F. The van der Waals surface area contributed by atoms with Crippen LogP contribution in [0.5, 0.6) is 0 Å². The van der Waals surface area contributed by atoms with Crippen LogP contribution >= 0.6 is 0 Å². The predicted molar refractivity (Wildman–Crippen MR) is 115 cm³/mol. The van der Waals surface area contributed by atoms with Crippen LogP contribution in [0.1, 0.15) is 33.0 Å². The summed E-state index contributed by atoms with van der Waals surface area (Å²) in [7, 11) is 0. The number of hydrogen-bond donors (Lipinski definition) is 3. The highest BCUT2D eigenvalue weighted by molar-refractivity contribution is 6.08. The van der Waals surface area contributed by atoms with Gasteiger partial charge in [0.15, 0.2) is 5.69 Å². The van der Waals surface area contributed by atoms with E-state index in [1.165, 1.54) is 36.4 Å². The second kappa shape index (κ2) is 9.65. The first-order valence-corrected chi connectivity index (χ1v) is 9.60. The van der Waals surface area contributed by atoms with Crippen LogP contribution in [0.25, 0.3) is 5.69 Å². The van der Waals surface area contributed by atoms with Crippen LogP contribution in [0.15, 0.2) is 59.4 Å². The van der Waals surface area contributed by atoms with Crippen molar-refractivity contribution in [2.45, 2.75) is 13.3 Å². The summed E-state index contributed by atoms with van der Waals surface area (Å²) >= 11 is 0. The fourth-order valence-corrected chi connectivity index (χ4v) is 2.94. The Morgan fingerprint density at radius 1 is 1.06 bits per heavy atom. The van der Waals surface area contributed by atoms with E-state index in [2.05, 4.69) is 15.7 Å². The molecule has 3 amide bonds. The molecule has 0 aliphatic carbocycles. The quantitative estimate of drug-likeness (QED) is 0.515. The Morgan fingerprint density at radius 3 is 2.47 bits per heavy atom. The first kappa shape index (κ1) is 22.3. The van der Waals surface area contributed by atoms with Crippen LogP contribution in [0.3, 0.4) is 0 Å². The van der Waals surface area contributed by atoms with E-state index in [1.807, 2.05) is 0 Å². The summed E-state index contributed by atoms with van der Waals surface area (Å²) in [5.74, 6) is -2.54. The fraction of sp³-hybridized carbons (Fsp3) is 0.136. The maximum atomic E-state index is 14.2. The summed E-state index contributed by atoms with van der Waals surface area (Å²) in [6.07, 6.45) is -0.0386. The lowest BCUT2D eigenvalue weighted by molar-refractivity contribution is -0.117. The molecule has 0 saturated heterocycles. The number of anilines is 1. The smallest absolute Gasteiger partial charge is 0.280 e. The summed E-state index contributed by atoms with van der Waals surface area (Å²) in [6.45, 7) is 1.59. The van der Waals surface area contributed by atoms with Gasteiger partial charge < -0.3 is 16.4 Å². The van der Waals surface area contributed by atoms with E-state index in [4.69, 9.17) is 5.73 Å². The summed E-state index contributed by atoms with van der Waals surface area (Å²) in [5, 5.41) is 9.07. The zero-order valence-electron chi connectivity index (χ0n) is 17.1. The van der Waals surface area contributed by atoms with Gasteiger partial charge in [0.25, 0.3) is 11.8 Å². The molecule has 0 bridgehead atoms. The predicted octanol–water partition coefficient (Wildman–Crippen LogP) is 1.54. The Labute approximate surface area is 182 Å². The second-order valence-electron chi connectivity index (χ2n) is 6.83. The molecular weight excluding hydrogens is 417 g/mol. The summed E-state index contributed by atoms with van der Waals surface area (Å²) in [5.41, 5.74) is 4.60. The van der Waals surface area contributed by atoms with Crippen molar-refractivity contribution in [1.29, 1.82) is 0 Å². The normalized spacial score (nSPS) is 10.4. The lowest BCUT2D eigenvalue weighted by atomic mass is 10.1. The minimum absolute atomic E-state index is 0.0311. The molecule has 0 saturated carbocycles. The van der Waals surface area contributed by atoms with Crippen LogP contribution in [0, 0.1) is 12.7 Å². The third-order valence-corrected chi connectivity index (χ3v) is 4.48. The number of nitrogens with two attached hydrogens (primary N) is 1. The number of amides is 3. The zero-order chi connectivity index (χ0) is 23.3. The minimum atomic E-state index is -0.863. The number of rotatable bonds is 7. The van der Waals surface area contributed by atoms with E-state index in [9.17, 15) is 23.6 Å². The number of benzene rings is 2. The number of halogens is 1. The van der Waals surface area contributed by atoms with Crippen LogP contribution in [-0.2, 0) is 4.79 Å². The molecule has 164 valence electrons. The highest BCUT2D eigenvalue weighted by Gasteiger charge is 2.19. The first-order valence-electron chi connectivity index (χ1n) is 9.60. The van der Waals surface area contributed by atoms with Crippen molar-refractivity contribution >= 4 is 23.4 Å². The van der Waals surface area contributed by atoms with Crippen molar-refractivity contribution in [2.75, 3.05) is 11.9 Å². The summed E-state index contributed by atoms with van der Waals surface area (Å²) in [4.78, 5) is 48.5. The molecule has 10 heteroatoms. The lowest BCUT2D eigenvalue weighted by Gasteiger charge is -2.13. The summed E-state index contributed by atoms with van der Waals surface area (Å²) < 4.78 is 15.4. The molecular formula is C22H20FN5O4. The van der Waals surface area contributed by atoms with Crippen molar-refractivity contribution in [3.05, 3.63) is 87.6 Å². The second-order valence-corrected chi connectivity index (χ2v) is 6.83. The first-order chi connectivity index (χ1) is 15.3. The highest BCUT2D eigenvalue weighted by atomic mass is 19.1. The van der Waals surface area contributed by atoms with E-state index in [-0.39, 0.29) is 29.9 Å². The maximum Gasteiger partial charge on any atom is 0.280 e. The maximum absolute atomic E-state index is 14.2. The van der Waals surface area contributed by atoms with Gasteiger partial charge in [0.2, 0.25) is 11.3 Å². The van der Waals surface area contributed by atoms with E-state index in [1.54, 1.807) is 25.1 Å².